The molecule has 1 unspecified atom stereocenters. The first-order valence-electron chi connectivity index (χ1n) is 6.89. The van der Waals surface area contributed by atoms with Crippen LogP contribution in [0.4, 0.5) is 0 Å². The highest BCUT2D eigenvalue weighted by Gasteiger charge is 2.15. The van der Waals surface area contributed by atoms with Crippen LogP contribution >= 0.6 is 0 Å². The number of hydrogen-bond donors (Lipinski definition) is 3. The van der Waals surface area contributed by atoms with Crippen molar-refractivity contribution in [2.45, 2.75) is 45.6 Å². The van der Waals surface area contributed by atoms with Gasteiger partial charge in [-0.25, -0.2) is 0 Å². The molecule has 5 nitrogen and oxygen atoms in total. The lowest BCUT2D eigenvalue weighted by molar-refractivity contribution is -0.121. The molecular formula is C15H23N3O2. The Hall–Kier alpha value is -2.04. The van der Waals surface area contributed by atoms with Crippen molar-refractivity contribution in [1.82, 2.24) is 5.32 Å². The summed E-state index contributed by atoms with van der Waals surface area (Å²) in [5.74, 6) is -0.0360. The van der Waals surface area contributed by atoms with Gasteiger partial charge >= 0.3 is 0 Å². The molecule has 0 heterocycles. The zero-order valence-electron chi connectivity index (χ0n) is 12.1. The number of nitrogens with two attached hydrogens (primary N) is 1. The molecule has 0 aliphatic carbocycles. The maximum atomic E-state index is 11.9. The average Bonchev–Trinajstić information content (AvgIpc) is 2.45. The van der Waals surface area contributed by atoms with Crippen molar-refractivity contribution < 1.29 is 10.0 Å². The SMILES string of the molecule is CCCC(NC(=O)CCc1ccc(C)cc1)C(N)=NO. The molecule has 0 aliphatic rings. The number of amides is 1. The van der Waals surface area contributed by atoms with E-state index >= 15 is 0 Å². The van der Waals surface area contributed by atoms with Gasteiger partial charge in [0.1, 0.15) is 0 Å². The third-order valence-electron chi connectivity index (χ3n) is 3.15. The van der Waals surface area contributed by atoms with E-state index in [9.17, 15) is 4.79 Å². The molecular weight excluding hydrogens is 254 g/mol. The van der Waals surface area contributed by atoms with Crippen LogP contribution in [-0.4, -0.2) is 23.0 Å². The minimum Gasteiger partial charge on any atom is -0.409 e. The van der Waals surface area contributed by atoms with Gasteiger partial charge in [-0.05, 0) is 25.3 Å². The fraction of sp³-hybridized carbons (Fsp3) is 0.467. The molecule has 0 bridgehead atoms. The van der Waals surface area contributed by atoms with Gasteiger partial charge in [0, 0.05) is 6.42 Å². The Labute approximate surface area is 119 Å². The molecule has 0 spiro atoms. The molecule has 0 fully saturated rings. The van der Waals surface area contributed by atoms with Crippen LogP contribution in [0, 0.1) is 6.92 Å². The lowest BCUT2D eigenvalue weighted by atomic mass is 10.1. The summed E-state index contributed by atoms with van der Waals surface area (Å²) in [5.41, 5.74) is 7.89. The summed E-state index contributed by atoms with van der Waals surface area (Å²) in [5, 5.41) is 14.5. The maximum Gasteiger partial charge on any atom is 0.220 e. The molecule has 1 aromatic rings. The Morgan fingerprint density at radius 2 is 2.05 bits per heavy atom. The van der Waals surface area contributed by atoms with E-state index in [1.807, 2.05) is 38.1 Å². The largest absolute Gasteiger partial charge is 0.409 e. The predicted molar refractivity (Wildman–Crippen MR) is 79.7 cm³/mol. The van der Waals surface area contributed by atoms with Gasteiger partial charge in [0.15, 0.2) is 5.84 Å². The number of carbonyl (C=O) groups is 1. The highest BCUT2D eigenvalue weighted by Crippen LogP contribution is 2.06. The van der Waals surface area contributed by atoms with Crippen molar-refractivity contribution in [3.05, 3.63) is 35.4 Å². The quantitative estimate of drug-likeness (QED) is 0.308. The monoisotopic (exact) mass is 277 g/mol. The van der Waals surface area contributed by atoms with Gasteiger partial charge in [-0.3, -0.25) is 4.79 Å². The zero-order chi connectivity index (χ0) is 15.0. The zero-order valence-corrected chi connectivity index (χ0v) is 12.1. The highest BCUT2D eigenvalue weighted by atomic mass is 16.4. The Bertz CT molecular complexity index is 455. The number of oxime groups is 1. The number of benzene rings is 1. The second kappa shape index (κ2) is 8.19. The summed E-state index contributed by atoms with van der Waals surface area (Å²) in [4.78, 5) is 11.9. The highest BCUT2D eigenvalue weighted by molar-refractivity contribution is 5.89. The van der Waals surface area contributed by atoms with E-state index in [0.717, 1.165) is 12.0 Å². The van der Waals surface area contributed by atoms with Crippen LogP contribution in [0.1, 0.15) is 37.3 Å². The second-order valence-corrected chi connectivity index (χ2v) is 4.92. The van der Waals surface area contributed by atoms with Gasteiger partial charge in [-0.2, -0.15) is 0 Å². The van der Waals surface area contributed by atoms with Crippen molar-refractivity contribution in [3.8, 4) is 0 Å². The Morgan fingerprint density at radius 3 is 2.60 bits per heavy atom. The molecule has 0 aliphatic heterocycles. The third kappa shape index (κ3) is 5.30. The Morgan fingerprint density at radius 1 is 1.40 bits per heavy atom. The van der Waals surface area contributed by atoms with Crippen LogP contribution in [0.2, 0.25) is 0 Å². The van der Waals surface area contributed by atoms with E-state index in [-0.39, 0.29) is 11.7 Å². The first-order valence-corrected chi connectivity index (χ1v) is 6.89. The van der Waals surface area contributed by atoms with Gasteiger partial charge in [0.25, 0.3) is 0 Å². The van der Waals surface area contributed by atoms with Gasteiger partial charge in [-0.15, -0.1) is 0 Å². The number of nitrogens with zero attached hydrogens (tertiary/aromatic N) is 1. The van der Waals surface area contributed by atoms with Crippen LogP contribution in [-0.2, 0) is 11.2 Å². The number of nitrogens with one attached hydrogen (secondary N) is 1. The molecule has 0 aromatic heterocycles. The molecule has 110 valence electrons. The lowest BCUT2D eigenvalue weighted by Crippen LogP contribution is -2.44. The van der Waals surface area contributed by atoms with Crippen LogP contribution in [0.3, 0.4) is 0 Å². The number of carbonyl (C=O) groups excluding carboxylic acids is 1. The van der Waals surface area contributed by atoms with E-state index in [2.05, 4.69) is 10.5 Å². The molecule has 1 rings (SSSR count). The normalized spacial score (nSPS) is 13.0. The number of aryl methyl sites for hydroxylation is 2. The summed E-state index contributed by atoms with van der Waals surface area (Å²) >= 11 is 0. The molecule has 0 saturated heterocycles. The maximum absolute atomic E-state index is 11.9. The van der Waals surface area contributed by atoms with Crippen LogP contribution in [0.15, 0.2) is 29.4 Å². The van der Waals surface area contributed by atoms with Crippen LogP contribution in [0.25, 0.3) is 0 Å². The van der Waals surface area contributed by atoms with E-state index in [1.165, 1.54) is 5.56 Å². The first kappa shape index (κ1) is 16.0. The third-order valence-corrected chi connectivity index (χ3v) is 3.15. The summed E-state index contributed by atoms with van der Waals surface area (Å²) in [6.07, 6.45) is 2.58. The summed E-state index contributed by atoms with van der Waals surface area (Å²) in [7, 11) is 0. The molecule has 4 N–H and O–H groups in total. The minimum absolute atomic E-state index is 0.0514. The van der Waals surface area contributed by atoms with Gasteiger partial charge in [0.05, 0.1) is 6.04 Å². The van der Waals surface area contributed by atoms with E-state index in [4.69, 9.17) is 10.9 Å². The van der Waals surface area contributed by atoms with E-state index < -0.39 is 6.04 Å². The number of rotatable bonds is 7. The summed E-state index contributed by atoms with van der Waals surface area (Å²) in [6.45, 7) is 4.01. The van der Waals surface area contributed by atoms with Crippen LogP contribution in [0.5, 0.6) is 0 Å². The standard InChI is InChI=1S/C15H23N3O2/c1-3-4-13(15(16)18-20)17-14(19)10-9-12-7-5-11(2)6-8-12/h5-8,13,20H,3-4,9-10H2,1-2H3,(H2,16,18)(H,17,19). The first-order chi connectivity index (χ1) is 9.56. The molecule has 0 saturated carbocycles. The van der Waals surface area contributed by atoms with E-state index in [0.29, 0.717) is 19.3 Å². The molecule has 1 amide bonds. The molecule has 5 heteroatoms. The van der Waals surface area contributed by atoms with Crippen LogP contribution < -0.4 is 11.1 Å². The number of hydrogen-bond acceptors (Lipinski definition) is 3. The molecule has 1 aromatic carbocycles. The van der Waals surface area contributed by atoms with Gasteiger partial charge in [0.2, 0.25) is 5.91 Å². The summed E-state index contributed by atoms with van der Waals surface area (Å²) < 4.78 is 0. The Balaban J connectivity index is 2.47. The Kier molecular flexibility index (Phi) is 6.56. The fourth-order valence-electron chi connectivity index (χ4n) is 1.93. The van der Waals surface area contributed by atoms with Crippen molar-refractivity contribution in [2.75, 3.05) is 0 Å². The topological polar surface area (TPSA) is 87.7 Å². The van der Waals surface area contributed by atoms with Gasteiger partial charge < -0.3 is 16.3 Å². The van der Waals surface area contributed by atoms with E-state index in [1.54, 1.807) is 0 Å². The smallest absolute Gasteiger partial charge is 0.220 e. The minimum atomic E-state index is -0.393. The lowest BCUT2D eigenvalue weighted by Gasteiger charge is -2.16. The van der Waals surface area contributed by atoms with Crippen molar-refractivity contribution in [1.29, 1.82) is 0 Å². The van der Waals surface area contributed by atoms with Crippen molar-refractivity contribution in [3.63, 3.8) is 0 Å². The fourth-order valence-corrected chi connectivity index (χ4v) is 1.93. The number of amidine groups is 1. The second-order valence-electron chi connectivity index (χ2n) is 4.92. The average molecular weight is 277 g/mol. The van der Waals surface area contributed by atoms with Crippen molar-refractivity contribution >= 4 is 11.7 Å². The molecule has 20 heavy (non-hydrogen) atoms. The predicted octanol–water partition coefficient (Wildman–Crippen LogP) is 1.96. The van der Waals surface area contributed by atoms with Crippen molar-refractivity contribution in [2.24, 2.45) is 10.9 Å². The molecule has 0 radical (unpaired) electrons. The van der Waals surface area contributed by atoms with Gasteiger partial charge in [-0.1, -0.05) is 48.3 Å². The summed E-state index contributed by atoms with van der Waals surface area (Å²) in [6, 6.07) is 7.72. The molecule has 1 atom stereocenters.